The largest absolute Gasteiger partial charge is 0.399 e. The number of hydrogen-bond acceptors (Lipinski definition) is 1. The summed E-state index contributed by atoms with van der Waals surface area (Å²) in [6.07, 6.45) is 0. The summed E-state index contributed by atoms with van der Waals surface area (Å²) in [5.74, 6) is 0. The predicted octanol–water partition coefficient (Wildman–Crippen LogP) is 6.57. The number of benzene rings is 4. The van der Waals surface area contributed by atoms with Crippen molar-refractivity contribution in [3.63, 3.8) is 0 Å². The van der Waals surface area contributed by atoms with Crippen molar-refractivity contribution >= 4 is 28.4 Å². The molecule has 0 bridgehead atoms. The summed E-state index contributed by atoms with van der Waals surface area (Å²) < 4.78 is 0.503. The second-order valence-corrected chi connectivity index (χ2v) is 6.27. The zero-order valence-corrected chi connectivity index (χ0v) is 14.5. The van der Waals surface area contributed by atoms with Crippen LogP contribution in [-0.4, -0.2) is 0 Å². The molecule has 2 N–H and O–H groups in total. The van der Waals surface area contributed by atoms with Crippen molar-refractivity contribution in [2.45, 2.75) is 0 Å². The van der Waals surface area contributed by atoms with Crippen LogP contribution in [0.3, 0.4) is 0 Å². The van der Waals surface area contributed by atoms with E-state index in [4.69, 9.17) is 5.73 Å². The highest BCUT2D eigenvalue weighted by Crippen LogP contribution is 2.51. The van der Waals surface area contributed by atoms with Gasteiger partial charge in [-0.15, -0.1) is 0 Å². The Morgan fingerprint density at radius 2 is 0.692 bits per heavy atom. The van der Waals surface area contributed by atoms with Gasteiger partial charge in [-0.1, -0.05) is 54.6 Å². The van der Waals surface area contributed by atoms with E-state index in [1.165, 1.54) is 17.1 Å². The van der Waals surface area contributed by atoms with E-state index in [-0.39, 0.29) is 0 Å². The van der Waals surface area contributed by atoms with Gasteiger partial charge in [0.1, 0.15) is 22.7 Å². The summed E-state index contributed by atoms with van der Waals surface area (Å²) >= 11 is 0. The van der Waals surface area contributed by atoms with Gasteiger partial charge in [-0.2, -0.15) is 4.48 Å². The molecule has 2 heteroatoms. The fourth-order valence-electron chi connectivity index (χ4n) is 3.55. The molecule has 0 atom stereocenters. The number of nitrogens with two attached hydrogens (primary N) is 1. The van der Waals surface area contributed by atoms with Crippen LogP contribution in [-0.2, 0) is 0 Å². The van der Waals surface area contributed by atoms with Crippen molar-refractivity contribution in [3.05, 3.63) is 115 Å². The molecular formula is C24H21N2+. The number of nitrogen functional groups attached to an aromatic ring is 1. The Morgan fingerprint density at radius 1 is 0.385 bits per heavy atom. The molecule has 4 aromatic rings. The summed E-state index contributed by atoms with van der Waals surface area (Å²) in [5, 5.41) is 0. The predicted molar refractivity (Wildman–Crippen MR) is 111 cm³/mol. The normalized spacial score (nSPS) is 11.2. The molecule has 126 valence electrons. The lowest BCUT2D eigenvalue weighted by Crippen LogP contribution is -2.33. The topological polar surface area (TPSA) is 26.0 Å². The Labute approximate surface area is 154 Å². The van der Waals surface area contributed by atoms with Gasteiger partial charge in [0, 0.05) is 54.2 Å². The molecule has 0 spiro atoms. The van der Waals surface area contributed by atoms with E-state index in [1.54, 1.807) is 0 Å². The molecule has 4 aromatic carbocycles. The summed E-state index contributed by atoms with van der Waals surface area (Å²) in [5.41, 5.74) is 11.4. The minimum absolute atomic E-state index is 0.503. The van der Waals surface area contributed by atoms with Gasteiger partial charge >= 0.3 is 0 Å². The van der Waals surface area contributed by atoms with Crippen LogP contribution in [0.25, 0.3) is 0 Å². The van der Waals surface area contributed by atoms with E-state index in [0.29, 0.717) is 4.48 Å². The molecule has 26 heavy (non-hydrogen) atoms. The van der Waals surface area contributed by atoms with Crippen LogP contribution in [0.2, 0.25) is 0 Å². The monoisotopic (exact) mass is 337 g/mol. The quantitative estimate of drug-likeness (QED) is 0.331. The van der Waals surface area contributed by atoms with Crippen LogP contribution < -0.4 is 10.2 Å². The summed E-state index contributed by atoms with van der Waals surface area (Å²) in [6.45, 7) is 0. The van der Waals surface area contributed by atoms with Crippen molar-refractivity contribution in [2.75, 3.05) is 5.73 Å². The third-order valence-electron chi connectivity index (χ3n) is 4.71. The van der Waals surface area contributed by atoms with Gasteiger partial charge < -0.3 is 5.73 Å². The summed E-state index contributed by atoms with van der Waals surface area (Å²) in [4.78, 5) is 0. The van der Waals surface area contributed by atoms with Crippen LogP contribution in [0.5, 0.6) is 0 Å². The molecule has 0 radical (unpaired) electrons. The first-order valence-electron chi connectivity index (χ1n) is 8.74. The van der Waals surface area contributed by atoms with Gasteiger partial charge in [0.05, 0.1) is 0 Å². The Hall–Kier alpha value is -3.36. The highest BCUT2D eigenvalue weighted by molar-refractivity contribution is 5.81. The number of rotatable bonds is 4. The molecule has 0 amide bonds. The van der Waals surface area contributed by atoms with E-state index < -0.39 is 0 Å². The smallest absolute Gasteiger partial charge is 0.148 e. The Bertz CT molecular complexity index is 866. The van der Waals surface area contributed by atoms with Crippen LogP contribution in [0.1, 0.15) is 0 Å². The van der Waals surface area contributed by atoms with Crippen LogP contribution in [0.15, 0.2) is 115 Å². The molecular weight excluding hydrogens is 316 g/mol. The molecule has 0 unspecified atom stereocenters. The van der Waals surface area contributed by atoms with Gasteiger partial charge in [0.2, 0.25) is 0 Å². The van der Waals surface area contributed by atoms with Gasteiger partial charge in [-0.25, -0.2) is 0 Å². The standard InChI is InChI=1S/C24H21N2/c25-20-16-18-24(19-17-20)26(21-10-4-1-5-11-21,22-12-6-2-7-13-22)23-14-8-3-9-15-23/h1-19H,25H2/q+1. The van der Waals surface area contributed by atoms with E-state index in [1.807, 2.05) is 12.1 Å². The Balaban J connectivity index is 2.12. The fourth-order valence-corrected chi connectivity index (χ4v) is 3.55. The molecule has 4 rings (SSSR count). The first-order chi connectivity index (χ1) is 12.8. The molecule has 0 saturated carbocycles. The molecule has 0 aliphatic rings. The van der Waals surface area contributed by atoms with Gasteiger partial charge in [0.25, 0.3) is 0 Å². The maximum absolute atomic E-state index is 5.98. The van der Waals surface area contributed by atoms with E-state index in [2.05, 4.69) is 103 Å². The second-order valence-electron chi connectivity index (χ2n) is 6.27. The van der Waals surface area contributed by atoms with E-state index in [0.717, 1.165) is 11.4 Å². The van der Waals surface area contributed by atoms with Crippen LogP contribution in [0.4, 0.5) is 28.4 Å². The Morgan fingerprint density at radius 3 is 1.04 bits per heavy atom. The lowest BCUT2D eigenvalue weighted by atomic mass is 10.1. The first-order valence-corrected chi connectivity index (χ1v) is 8.74. The number of hydrogen-bond donors (Lipinski definition) is 1. The number of quaternary nitrogens is 1. The van der Waals surface area contributed by atoms with Gasteiger partial charge in [0.15, 0.2) is 0 Å². The second kappa shape index (κ2) is 6.87. The van der Waals surface area contributed by atoms with Crippen LogP contribution >= 0.6 is 0 Å². The Kier molecular flexibility index (Phi) is 4.26. The van der Waals surface area contributed by atoms with Gasteiger partial charge in [-0.3, -0.25) is 0 Å². The average molecular weight is 337 g/mol. The van der Waals surface area contributed by atoms with Crippen molar-refractivity contribution in [1.82, 2.24) is 4.48 Å². The highest BCUT2D eigenvalue weighted by atomic mass is 15.4. The SMILES string of the molecule is Nc1ccc([N+](c2ccccc2)(c2ccccc2)c2ccccc2)cc1. The molecule has 0 fully saturated rings. The maximum Gasteiger partial charge on any atom is 0.148 e. The number of para-hydroxylation sites is 3. The number of nitrogens with zero attached hydrogens (tertiary/aromatic N) is 1. The van der Waals surface area contributed by atoms with Crippen molar-refractivity contribution in [2.24, 2.45) is 0 Å². The molecule has 0 aromatic heterocycles. The minimum atomic E-state index is 0.503. The number of anilines is 1. The summed E-state index contributed by atoms with van der Waals surface area (Å²) in [7, 11) is 0. The van der Waals surface area contributed by atoms with Crippen molar-refractivity contribution in [1.29, 1.82) is 0 Å². The third kappa shape index (κ3) is 2.67. The first kappa shape index (κ1) is 16.1. The maximum atomic E-state index is 5.98. The van der Waals surface area contributed by atoms with E-state index >= 15 is 0 Å². The third-order valence-corrected chi connectivity index (χ3v) is 4.71. The molecule has 0 aliphatic heterocycles. The average Bonchev–Trinajstić information content (AvgIpc) is 2.72. The molecule has 0 heterocycles. The molecule has 2 nitrogen and oxygen atoms in total. The van der Waals surface area contributed by atoms with Crippen LogP contribution in [0, 0.1) is 0 Å². The van der Waals surface area contributed by atoms with Gasteiger partial charge in [-0.05, 0) is 12.1 Å². The highest BCUT2D eigenvalue weighted by Gasteiger charge is 2.38. The zero-order chi connectivity index (χ0) is 17.8. The molecule has 0 aliphatic carbocycles. The molecule has 0 saturated heterocycles. The minimum Gasteiger partial charge on any atom is -0.399 e. The fraction of sp³-hybridized carbons (Fsp3) is 0. The lowest BCUT2D eigenvalue weighted by Gasteiger charge is -2.37. The lowest BCUT2D eigenvalue weighted by molar-refractivity contribution is 0.704. The summed E-state index contributed by atoms with van der Waals surface area (Å²) in [6, 6.07) is 39.9. The zero-order valence-electron chi connectivity index (χ0n) is 14.5. The van der Waals surface area contributed by atoms with E-state index in [9.17, 15) is 0 Å². The van der Waals surface area contributed by atoms with Crippen molar-refractivity contribution in [3.8, 4) is 0 Å². The van der Waals surface area contributed by atoms with Crippen molar-refractivity contribution < 1.29 is 0 Å².